The van der Waals surface area contributed by atoms with Gasteiger partial charge in [-0.05, 0) is 38.3 Å². The molecule has 0 aromatic carbocycles. The average Bonchev–Trinajstić information content (AvgIpc) is 2.47. The molecule has 0 aliphatic carbocycles. The molecule has 1 aliphatic rings. The van der Waals surface area contributed by atoms with Gasteiger partial charge in [-0.15, -0.1) is 0 Å². The van der Waals surface area contributed by atoms with E-state index in [2.05, 4.69) is 4.98 Å². The van der Waals surface area contributed by atoms with E-state index in [1.54, 1.807) is 13.0 Å². The summed E-state index contributed by atoms with van der Waals surface area (Å²) in [7, 11) is 0. The largest absolute Gasteiger partial charge is 0.505 e. The fourth-order valence-corrected chi connectivity index (χ4v) is 2.36. The molecule has 6 heteroatoms. The first-order valence-corrected chi connectivity index (χ1v) is 6.76. The van der Waals surface area contributed by atoms with Gasteiger partial charge in [0.15, 0.2) is 5.69 Å². The zero-order chi connectivity index (χ0) is 14.5. The summed E-state index contributed by atoms with van der Waals surface area (Å²) in [5.74, 6) is -0.998. The van der Waals surface area contributed by atoms with E-state index in [4.69, 9.17) is 4.74 Å². The summed E-state index contributed by atoms with van der Waals surface area (Å²) in [6.45, 7) is 2.49. The van der Waals surface area contributed by atoms with E-state index in [1.165, 1.54) is 17.2 Å². The molecule has 2 rings (SSSR count). The van der Waals surface area contributed by atoms with Crippen molar-refractivity contribution in [2.75, 3.05) is 13.2 Å². The molecule has 1 saturated heterocycles. The SMILES string of the molecule is CCOC(=O)C1CCCCN1C(=O)c1ncccc1O. The van der Waals surface area contributed by atoms with Crippen molar-refractivity contribution in [1.29, 1.82) is 0 Å². The van der Waals surface area contributed by atoms with Gasteiger partial charge in [0.25, 0.3) is 5.91 Å². The summed E-state index contributed by atoms with van der Waals surface area (Å²) in [6, 6.07) is 2.37. The van der Waals surface area contributed by atoms with Crippen LogP contribution in [0.2, 0.25) is 0 Å². The highest BCUT2D eigenvalue weighted by Gasteiger charge is 2.34. The van der Waals surface area contributed by atoms with E-state index in [9.17, 15) is 14.7 Å². The third kappa shape index (κ3) is 2.89. The van der Waals surface area contributed by atoms with Crippen molar-refractivity contribution in [3.8, 4) is 5.75 Å². The predicted molar refractivity (Wildman–Crippen MR) is 71.2 cm³/mol. The van der Waals surface area contributed by atoms with Crippen LogP contribution in [0.3, 0.4) is 0 Å². The highest BCUT2D eigenvalue weighted by atomic mass is 16.5. The fraction of sp³-hybridized carbons (Fsp3) is 0.500. The van der Waals surface area contributed by atoms with Crippen LogP contribution in [-0.2, 0) is 9.53 Å². The van der Waals surface area contributed by atoms with E-state index in [1.807, 2.05) is 0 Å². The van der Waals surface area contributed by atoms with Crippen molar-refractivity contribution in [3.05, 3.63) is 24.0 Å². The van der Waals surface area contributed by atoms with Gasteiger partial charge in [0.05, 0.1) is 6.61 Å². The minimum Gasteiger partial charge on any atom is -0.505 e. The number of aromatic hydroxyl groups is 1. The lowest BCUT2D eigenvalue weighted by Crippen LogP contribution is -2.48. The number of ether oxygens (including phenoxy) is 1. The summed E-state index contributed by atoms with van der Waals surface area (Å²) < 4.78 is 5.01. The zero-order valence-corrected chi connectivity index (χ0v) is 11.4. The lowest BCUT2D eigenvalue weighted by Gasteiger charge is -2.33. The van der Waals surface area contributed by atoms with Crippen molar-refractivity contribution in [1.82, 2.24) is 9.88 Å². The third-order valence-electron chi connectivity index (χ3n) is 3.31. The van der Waals surface area contributed by atoms with E-state index < -0.39 is 17.9 Å². The van der Waals surface area contributed by atoms with Gasteiger partial charge in [0.2, 0.25) is 0 Å². The fourth-order valence-electron chi connectivity index (χ4n) is 2.36. The molecule has 0 saturated carbocycles. The number of esters is 1. The lowest BCUT2D eigenvalue weighted by atomic mass is 10.0. The highest BCUT2D eigenvalue weighted by Crippen LogP contribution is 2.23. The molecule has 0 spiro atoms. The van der Waals surface area contributed by atoms with E-state index in [0.29, 0.717) is 13.0 Å². The molecule has 1 atom stereocenters. The lowest BCUT2D eigenvalue weighted by molar-refractivity contribution is -0.149. The monoisotopic (exact) mass is 278 g/mol. The van der Waals surface area contributed by atoms with Crippen molar-refractivity contribution in [2.45, 2.75) is 32.2 Å². The Kier molecular flexibility index (Phi) is 4.55. The Morgan fingerprint density at radius 2 is 2.30 bits per heavy atom. The second-order valence-electron chi connectivity index (χ2n) is 4.63. The van der Waals surface area contributed by atoms with Crippen molar-refractivity contribution in [2.24, 2.45) is 0 Å². The van der Waals surface area contributed by atoms with Crippen LogP contribution in [0.1, 0.15) is 36.7 Å². The molecule has 1 fully saturated rings. The van der Waals surface area contributed by atoms with Crippen LogP contribution in [-0.4, -0.2) is 46.1 Å². The first-order chi connectivity index (χ1) is 9.65. The normalized spacial score (nSPS) is 18.6. The van der Waals surface area contributed by atoms with Crippen molar-refractivity contribution < 1.29 is 19.4 Å². The molecular weight excluding hydrogens is 260 g/mol. The predicted octanol–water partition coefficient (Wildman–Crippen LogP) is 1.34. The topological polar surface area (TPSA) is 79.7 Å². The van der Waals surface area contributed by atoms with Gasteiger partial charge < -0.3 is 14.7 Å². The van der Waals surface area contributed by atoms with E-state index in [0.717, 1.165) is 12.8 Å². The minimum atomic E-state index is -0.586. The van der Waals surface area contributed by atoms with Gasteiger partial charge in [0, 0.05) is 12.7 Å². The summed E-state index contributed by atoms with van der Waals surface area (Å²) in [5, 5.41) is 9.71. The number of aromatic nitrogens is 1. The second kappa shape index (κ2) is 6.36. The van der Waals surface area contributed by atoms with Crippen LogP contribution >= 0.6 is 0 Å². The van der Waals surface area contributed by atoms with E-state index >= 15 is 0 Å². The standard InChI is InChI=1S/C14H18N2O4/c1-2-20-14(19)10-6-3-4-9-16(10)13(18)12-11(17)7-5-8-15-12/h5,7-8,10,17H,2-4,6,9H2,1H3. The van der Waals surface area contributed by atoms with Crippen LogP contribution in [0.15, 0.2) is 18.3 Å². The Bertz CT molecular complexity index is 504. The number of hydrogen-bond donors (Lipinski definition) is 1. The van der Waals surface area contributed by atoms with Crippen molar-refractivity contribution in [3.63, 3.8) is 0 Å². The summed E-state index contributed by atoms with van der Waals surface area (Å²) in [5.41, 5.74) is -0.0244. The number of pyridine rings is 1. The molecular formula is C14H18N2O4. The number of carbonyl (C=O) groups excluding carboxylic acids is 2. The highest BCUT2D eigenvalue weighted by molar-refractivity contribution is 5.97. The number of hydrogen-bond acceptors (Lipinski definition) is 5. The van der Waals surface area contributed by atoms with Gasteiger partial charge in [-0.25, -0.2) is 9.78 Å². The van der Waals surface area contributed by atoms with Gasteiger partial charge in [-0.3, -0.25) is 4.79 Å². The molecule has 20 heavy (non-hydrogen) atoms. The number of nitrogens with zero attached hydrogens (tertiary/aromatic N) is 2. The average molecular weight is 278 g/mol. The molecule has 0 bridgehead atoms. The Hall–Kier alpha value is -2.11. The maximum Gasteiger partial charge on any atom is 0.328 e. The molecule has 1 aliphatic heterocycles. The number of carbonyl (C=O) groups is 2. The molecule has 1 aromatic rings. The molecule has 1 aromatic heterocycles. The maximum absolute atomic E-state index is 12.4. The quantitative estimate of drug-likeness (QED) is 0.844. The number of amides is 1. The first kappa shape index (κ1) is 14.3. The molecule has 1 unspecified atom stereocenters. The number of rotatable bonds is 3. The Morgan fingerprint density at radius 1 is 1.50 bits per heavy atom. The zero-order valence-electron chi connectivity index (χ0n) is 11.4. The van der Waals surface area contributed by atoms with Crippen LogP contribution in [0.25, 0.3) is 0 Å². The molecule has 0 radical (unpaired) electrons. The number of likely N-dealkylation sites (tertiary alicyclic amines) is 1. The molecule has 1 N–H and O–H groups in total. The number of piperidine rings is 1. The molecule has 2 heterocycles. The van der Waals surface area contributed by atoms with Crippen molar-refractivity contribution >= 4 is 11.9 Å². The Labute approximate surface area is 117 Å². The smallest absolute Gasteiger partial charge is 0.328 e. The first-order valence-electron chi connectivity index (χ1n) is 6.76. The third-order valence-corrected chi connectivity index (χ3v) is 3.31. The second-order valence-corrected chi connectivity index (χ2v) is 4.63. The van der Waals surface area contributed by atoms with Gasteiger partial charge in [-0.2, -0.15) is 0 Å². The Balaban J connectivity index is 2.22. The van der Waals surface area contributed by atoms with E-state index in [-0.39, 0.29) is 18.1 Å². The van der Waals surface area contributed by atoms with Crippen LogP contribution in [0, 0.1) is 0 Å². The van der Waals surface area contributed by atoms with Gasteiger partial charge in [0.1, 0.15) is 11.8 Å². The molecule has 108 valence electrons. The summed E-state index contributed by atoms with van der Waals surface area (Å²) in [6.07, 6.45) is 3.73. The van der Waals surface area contributed by atoms with Gasteiger partial charge in [-0.1, -0.05) is 0 Å². The van der Waals surface area contributed by atoms with Gasteiger partial charge >= 0.3 is 5.97 Å². The molecule has 6 nitrogen and oxygen atoms in total. The maximum atomic E-state index is 12.4. The summed E-state index contributed by atoms with van der Waals surface area (Å²) in [4.78, 5) is 29.7. The van der Waals surface area contributed by atoms with Crippen LogP contribution < -0.4 is 0 Å². The molecule has 1 amide bonds. The minimum absolute atomic E-state index is 0.0244. The van der Waals surface area contributed by atoms with Crippen LogP contribution in [0.5, 0.6) is 5.75 Å². The van der Waals surface area contributed by atoms with Crippen LogP contribution in [0.4, 0.5) is 0 Å². The Morgan fingerprint density at radius 3 is 3.00 bits per heavy atom. The summed E-state index contributed by atoms with van der Waals surface area (Å²) >= 11 is 0.